The molecule has 0 saturated heterocycles. The van der Waals surface area contributed by atoms with Crippen LogP contribution in [0.3, 0.4) is 0 Å². The van der Waals surface area contributed by atoms with E-state index in [1.165, 1.54) is 25.1 Å². The molecule has 134 valence electrons. The minimum Gasteiger partial charge on any atom is -0.484 e. The molecule has 8 heteroatoms. The van der Waals surface area contributed by atoms with Gasteiger partial charge in [0.05, 0.1) is 11.0 Å². The summed E-state index contributed by atoms with van der Waals surface area (Å²) in [5.74, 6) is -0.135. The van der Waals surface area contributed by atoms with E-state index in [0.717, 1.165) is 17.7 Å². The van der Waals surface area contributed by atoms with Gasteiger partial charge in [0.1, 0.15) is 5.75 Å². The molecule has 0 bridgehead atoms. The minimum absolute atomic E-state index is 0.00844. The Morgan fingerprint density at radius 3 is 2.81 bits per heavy atom. The molecule has 1 aliphatic heterocycles. The summed E-state index contributed by atoms with van der Waals surface area (Å²) in [6, 6.07) is 11.0. The Kier molecular flexibility index (Phi) is 4.83. The number of hydrogen-bond acceptors (Lipinski definition) is 5. The zero-order valence-corrected chi connectivity index (χ0v) is 14.1. The molecular weight excluding hydrogens is 338 g/mol. The number of carbonyl (C=O) groups is 2. The Morgan fingerprint density at radius 1 is 1.27 bits per heavy atom. The number of nitrogens with zero attached hydrogens (tertiary/aromatic N) is 2. The second kappa shape index (κ2) is 7.22. The van der Waals surface area contributed by atoms with E-state index in [1.807, 2.05) is 6.07 Å². The quantitative estimate of drug-likeness (QED) is 0.656. The van der Waals surface area contributed by atoms with Crippen LogP contribution >= 0.6 is 0 Å². The average molecular weight is 355 g/mol. The first-order valence-corrected chi connectivity index (χ1v) is 8.02. The van der Waals surface area contributed by atoms with Gasteiger partial charge in [-0.1, -0.05) is 6.07 Å². The maximum Gasteiger partial charge on any atom is 0.273 e. The zero-order valence-electron chi connectivity index (χ0n) is 14.1. The molecule has 0 aliphatic carbocycles. The number of ether oxygens (including phenoxy) is 1. The van der Waals surface area contributed by atoms with Gasteiger partial charge in [-0.05, 0) is 36.2 Å². The molecule has 0 unspecified atom stereocenters. The largest absolute Gasteiger partial charge is 0.484 e. The van der Waals surface area contributed by atoms with Crippen molar-refractivity contribution in [2.75, 3.05) is 23.4 Å². The monoisotopic (exact) mass is 355 g/mol. The lowest BCUT2D eigenvalue weighted by Crippen LogP contribution is -2.25. The molecule has 0 fully saturated rings. The van der Waals surface area contributed by atoms with E-state index >= 15 is 0 Å². The molecule has 26 heavy (non-hydrogen) atoms. The van der Waals surface area contributed by atoms with Crippen molar-refractivity contribution in [1.82, 2.24) is 0 Å². The third kappa shape index (κ3) is 3.80. The number of nitro groups is 1. The molecule has 8 nitrogen and oxygen atoms in total. The number of rotatable bonds is 5. The van der Waals surface area contributed by atoms with Gasteiger partial charge >= 0.3 is 0 Å². The van der Waals surface area contributed by atoms with E-state index in [1.54, 1.807) is 23.1 Å². The summed E-state index contributed by atoms with van der Waals surface area (Å²) >= 11 is 0. The SMILES string of the molecule is CC(=O)N1CCc2cc(NC(=O)COc3cccc([N+](=O)[O-])c3)ccc21. The maximum atomic E-state index is 12.0. The van der Waals surface area contributed by atoms with Crippen molar-refractivity contribution in [2.24, 2.45) is 0 Å². The van der Waals surface area contributed by atoms with Crippen LogP contribution < -0.4 is 15.0 Å². The molecule has 0 atom stereocenters. The molecule has 0 spiro atoms. The third-order valence-electron chi connectivity index (χ3n) is 4.04. The molecule has 1 heterocycles. The fraction of sp³-hybridized carbons (Fsp3) is 0.222. The Hall–Kier alpha value is -3.42. The van der Waals surface area contributed by atoms with Crippen LogP contribution in [0.1, 0.15) is 12.5 Å². The predicted molar refractivity (Wildman–Crippen MR) is 95.4 cm³/mol. The molecule has 2 amide bonds. The van der Waals surface area contributed by atoms with Gasteiger partial charge in [0, 0.05) is 30.9 Å². The van der Waals surface area contributed by atoms with E-state index in [-0.39, 0.29) is 29.9 Å². The normalized spacial score (nSPS) is 12.4. The first-order chi connectivity index (χ1) is 12.4. The van der Waals surface area contributed by atoms with E-state index in [2.05, 4.69) is 5.32 Å². The molecule has 0 aromatic heterocycles. The second-order valence-electron chi connectivity index (χ2n) is 5.86. The van der Waals surface area contributed by atoms with Gasteiger partial charge in [-0.2, -0.15) is 0 Å². The first-order valence-electron chi connectivity index (χ1n) is 8.02. The molecule has 1 N–H and O–H groups in total. The first kappa shape index (κ1) is 17.4. The van der Waals surface area contributed by atoms with Crippen LogP contribution in [-0.4, -0.2) is 29.9 Å². The summed E-state index contributed by atoms with van der Waals surface area (Å²) in [6.07, 6.45) is 0.739. The maximum absolute atomic E-state index is 12.0. The van der Waals surface area contributed by atoms with Gasteiger partial charge < -0.3 is 15.0 Å². The number of nitrogens with one attached hydrogen (secondary N) is 1. The summed E-state index contributed by atoms with van der Waals surface area (Å²) in [5.41, 5.74) is 2.37. The third-order valence-corrected chi connectivity index (χ3v) is 4.04. The molecule has 3 rings (SSSR count). The second-order valence-corrected chi connectivity index (χ2v) is 5.86. The Morgan fingerprint density at radius 2 is 2.08 bits per heavy atom. The number of fused-ring (bicyclic) bond motifs is 1. The number of hydrogen-bond donors (Lipinski definition) is 1. The average Bonchev–Trinajstić information content (AvgIpc) is 3.03. The highest BCUT2D eigenvalue weighted by atomic mass is 16.6. The van der Waals surface area contributed by atoms with Crippen LogP contribution in [0.15, 0.2) is 42.5 Å². The van der Waals surface area contributed by atoms with E-state index in [9.17, 15) is 19.7 Å². The highest BCUT2D eigenvalue weighted by Crippen LogP contribution is 2.30. The van der Waals surface area contributed by atoms with Gasteiger partial charge in [-0.3, -0.25) is 19.7 Å². The lowest BCUT2D eigenvalue weighted by atomic mass is 10.1. The number of non-ortho nitro benzene ring substituents is 1. The highest BCUT2D eigenvalue weighted by Gasteiger charge is 2.22. The molecule has 0 radical (unpaired) electrons. The summed E-state index contributed by atoms with van der Waals surface area (Å²) < 4.78 is 5.30. The number of amides is 2. The van der Waals surface area contributed by atoms with E-state index < -0.39 is 4.92 Å². The Bertz CT molecular complexity index is 881. The summed E-state index contributed by atoms with van der Waals surface area (Å²) in [7, 11) is 0. The van der Waals surface area contributed by atoms with Crippen LogP contribution in [-0.2, 0) is 16.0 Å². The van der Waals surface area contributed by atoms with Crippen molar-refractivity contribution in [2.45, 2.75) is 13.3 Å². The predicted octanol–water partition coefficient (Wildman–Crippen LogP) is 2.52. The van der Waals surface area contributed by atoms with Crippen molar-refractivity contribution in [3.05, 3.63) is 58.1 Å². The number of carbonyl (C=O) groups excluding carboxylic acids is 2. The van der Waals surface area contributed by atoms with Gasteiger partial charge in [0.2, 0.25) is 5.91 Å². The van der Waals surface area contributed by atoms with Crippen molar-refractivity contribution in [3.63, 3.8) is 0 Å². The molecular formula is C18H17N3O5. The standard InChI is InChI=1S/C18H17N3O5/c1-12(22)20-8-7-13-9-14(5-6-17(13)20)19-18(23)11-26-16-4-2-3-15(10-16)21(24)25/h2-6,9-10H,7-8,11H2,1H3,(H,19,23). The van der Waals surface area contributed by atoms with Gasteiger partial charge in [-0.15, -0.1) is 0 Å². The summed E-state index contributed by atoms with van der Waals surface area (Å²) in [4.78, 5) is 35.5. The van der Waals surface area contributed by atoms with Crippen LogP contribution in [0.25, 0.3) is 0 Å². The molecule has 1 aliphatic rings. The Balaban J connectivity index is 1.60. The number of nitro benzene ring substituents is 1. The molecule has 0 saturated carbocycles. The topological polar surface area (TPSA) is 102 Å². The van der Waals surface area contributed by atoms with Crippen LogP contribution in [0, 0.1) is 10.1 Å². The van der Waals surface area contributed by atoms with Gasteiger partial charge in [0.15, 0.2) is 6.61 Å². The summed E-state index contributed by atoms with van der Waals surface area (Å²) in [5, 5.41) is 13.5. The fourth-order valence-corrected chi connectivity index (χ4v) is 2.84. The molecule has 2 aromatic rings. The van der Waals surface area contributed by atoms with Crippen LogP contribution in [0.5, 0.6) is 5.75 Å². The van der Waals surface area contributed by atoms with Crippen LogP contribution in [0.4, 0.5) is 17.1 Å². The smallest absolute Gasteiger partial charge is 0.273 e. The Labute approximate surface area is 149 Å². The van der Waals surface area contributed by atoms with Crippen molar-refractivity contribution in [1.29, 1.82) is 0 Å². The number of benzene rings is 2. The highest BCUT2D eigenvalue weighted by molar-refractivity contribution is 5.95. The van der Waals surface area contributed by atoms with Crippen LogP contribution in [0.2, 0.25) is 0 Å². The lowest BCUT2D eigenvalue weighted by Gasteiger charge is -2.15. The van der Waals surface area contributed by atoms with E-state index in [0.29, 0.717) is 12.2 Å². The van der Waals surface area contributed by atoms with Gasteiger partial charge in [0.25, 0.3) is 11.6 Å². The van der Waals surface area contributed by atoms with Crippen molar-refractivity contribution in [3.8, 4) is 5.75 Å². The van der Waals surface area contributed by atoms with Crippen molar-refractivity contribution < 1.29 is 19.2 Å². The fourth-order valence-electron chi connectivity index (χ4n) is 2.84. The number of anilines is 2. The zero-order chi connectivity index (χ0) is 18.7. The van der Waals surface area contributed by atoms with Gasteiger partial charge in [-0.25, -0.2) is 0 Å². The molecule has 2 aromatic carbocycles. The summed E-state index contributed by atoms with van der Waals surface area (Å²) in [6.45, 7) is 1.89. The van der Waals surface area contributed by atoms with Crippen molar-refractivity contribution >= 4 is 28.9 Å². The van der Waals surface area contributed by atoms with E-state index in [4.69, 9.17) is 4.74 Å². The lowest BCUT2D eigenvalue weighted by molar-refractivity contribution is -0.384. The minimum atomic E-state index is -0.526.